The molecule has 12 nitrogen and oxygen atoms in total. The number of ether oxygens (including phenoxy) is 6. The minimum absolute atomic E-state index is 0.0571. The number of nitrogens with zero attached hydrogens (tertiary/aromatic N) is 3. The average molecular weight is 648 g/mol. The summed E-state index contributed by atoms with van der Waals surface area (Å²) in [6.07, 6.45) is 3.24. The van der Waals surface area contributed by atoms with Gasteiger partial charge in [-0.2, -0.15) is 8.75 Å². The molecule has 2 heterocycles. The number of carboxylic acid groups (broad SMARTS) is 1. The zero-order valence-electron chi connectivity index (χ0n) is 25.6. The van der Waals surface area contributed by atoms with Crippen LogP contribution in [0.5, 0.6) is 28.9 Å². The highest BCUT2D eigenvalue weighted by atomic mass is 32.1. The van der Waals surface area contributed by atoms with Crippen molar-refractivity contribution in [2.24, 2.45) is 0 Å². The van der Waals surface area contributed by atoms with Gasteiger partial charge in [-0.25, -0.2) is 9.59 Å². The molecule has 0 spiro atoms. The SMILES string of the molecule is CCOC(=O)Oc1c(-c2ccc(OC)cc2OCC(=O)O)c2cc(OC)c(OC3CCCC3)cc2n1Cc1ccc2nsnc2c1. The van der Waals surface area contributed by atoms with E-state index in [-0.39, 0.29) is 30.9 Å². The summed E-state index contributed by atoms with van der Waals surface area (Å²) in [5.41, 5.74) is 4.02. The minimum Gasteiger partial charge on any atom is -0.497 e. The third-order valence-electron chi connectivity index (χ3n) is 7.81. The molecule has 0 radical (unpaired) electrons. The van der Waals surface area contributed by atoms with Crippen LogP contribution in [0.2, 0.25) is 0 Å². The number of carboxylic acids is 1. The number of aliphatic carboxylic acids is 1. The highest BCUT2D eigenvalue weighted by Gasteiger charge is 2.29. The van der Waals surface area contributed by atoms with Gasteiger partial charge in [0.25, 0.3) is 0 Å². The number of rotatable bonds is 12. The summed E-state index contributed by atoms with van der Waals surface area (Å²) in [7, 11) is 3.07. The Morgan fingerprint density at radius 3 is 2.50 bits per heavy atom. The maximum absolute atomic E-state index is 13.0. The van der Waals surface area contributed by atoms with Crippen LogP contribution >= 0.6 is 11.7 Å². The summed E-state index contributed by atoms with van der Waals surface area (Å²) in [5, 5.41) is 10.1. The van der Waals surface area contributed by atoms with E-state index in [4.69, 9.17) is 28.4 Å². The molecule has 0 bridgehead atoms. The van der Waals surface area contributed by atoms with Gasteiger partial charge in [0.15, 0.2) is 18.1 Å². The Morgan fingerprint density at radius 2 is 1.76 bits per heavy atom. The first-order valence-corrected chi connectivity index (χ1v) is 15.6. The number of hydrogen-bond donors (Lipinski definition) is 1. The van der Waals surface area contributed by atoms with E-state index >= 15 is 0 Å². The van der Waals surface area contributed by atoms with Gasteiger partial charge in [-0.05, 0) is 68.5 Å². The topological polar surface area (TPSA) is 140 Å². The Hall–Kier alpha value is -5.04. The summed E-state index contributed by atoms with van der Waals surface area (Å²) in [5.74, 6) is 0.741. The van der Waals surface area contributed by atoms with Crippen LogP contribution in [0, 0.1) is 0 Å². The van der Waals surface area contributed by atoms with Crippen LogP contribution in [0.15, 0.2) is 48.5 Å². The molecule has 0 saturated heterocycles. The first kappa shape index (κ1) is 31.0. The Labute approximate surface area is 268 Å². The fraction of sp³-hybridized carbons (Fsp3) is 0.333. The van der Waals surface area contributed by atoms with E-state index < -0.39 is 18.7 Å². The summed E-state index contributed by atoms with van der Waals surface area (Å²) < 4.78 is 45.2. The third-order valence-corrected chi connectivity index (χ3v) is 8.36. The normalized spacial score (nSPS) is 13.2. The van der Waals surface area contributed by atoms with Gasteiger partial charge in [-0.15, -0.1) is 0 Å². The highest BCUT2D eigenvalue weighted by molar-refractivity contribution is 7.00. The van der Waals surface area contributed by atoms with Gasteiger partial charge in [0.1, 0.15) is 22.5 Å². The molecule has 46 heavy (non-hydrogen) atoms. The van der Waals surface area contributed by atoms with Crippen LogP contribution in [0.25, 0.3) is 33.1 Å². The van der Waals surface area contributed by atoms with Gasteiger partial charge in [0.05, 0.1) is 56.3 Å². The molecule has 0 atom stereocenters. The number of carbonyl (C=O) groups is 2. The van der Waals surface area contributed by atoms with Gasteiger partial charge >= 0.3 is 12.1 Å². The Bertz CT molecular complexity index is 1890. The van der Waals surface area contributed by atoms with Gasteiger partial charge in [-0.1, -0.05) is 6.07 Å². The van der Waals surface area contributed by atoms with E-state index in [9.17, 15) is 14.7 Å². The molecule has 240 valence electrons. The predicted octanol–water partition coefficient (Wildman–Crippen LogP) is 6.70. The maximum atomic E-state index is 13.0. The van der Waals surface area contributed by atoms with E-state index in [1.165, 1.54) is 7.11 Å². The van der Waals surface area contributed by atoms with Gasteiger partial charge < -0.3 is 38.1 Å². The molecule has 2 aromatic heterocycles. The fourth-order valence-corrected chi connectivity index (χ4v) is 6.24. The first-order chi connectivity index (χ1) is 22.4. The largest absolute Gasteiger partial charge is 0.515 e. The van der Waals surface area contributed by atoms with Crippen molar-refractivity contribution in [3.05, 3.63) is 54.1 Å². The second-order valence-corrected chi connectivity index (χ2v) is 11.3. The number of aromatic nitrogens is 3. The predicted molar refractivity (Wildman–Crippen MR) is 171 cm³/mol. The van der Waals surface area contributed by atoms with E-state index in [2.05, 4.69) is 8.75 Å². The van der Waals surface area contributed by atoms with Crippen molar-refractivity contribution >= 4 is 45.8 Å². The Morgan fingerprint density at radius 1 is 0.957 bits per heavy atom. The lowest BCUT2D eigenvalue weighted by molar-refractivity contribution is -0.139. The molecule has 6 rings (SSSR count). The molecule has 1 aliphatic carbocycles. The Kier molecular flexibility index (Phi) is 9.11. The molecule has 0 amide bonds. The number of hydrogen-bond acceptors (Lipinski definition) is 11. The number of benzene rings is 3. The van der Waals surface area contributed by atoms with Crippen molar-refractivity contribution in [2.75, 3.05) is 27.4 Å². The molecular formula is C33H33N3O9S. The van der Waals surface area contributed by atoms with Gasteiger partial charge in [0, 0.05) is 23.1 Å². The summed E-state index contributed by atoms with van der Waals surface area (Å²) in [4.78, 5) is 24.5. The van der Waals surface area contributed by atoms with Crippen LogP contribution in [0.4, 0.5) is 4.79 Å². The molecule has 1 N–H and O–H groups in total. The van der Waals surface area contributed by atoms with Crippen molar-refractivity contribution in [3.63, 3.8) is 0 Å². The monoisotopic (exact) mass is 647 g/mol. The molecule has 1 saturated carbocycles. The van der Waals surface area contributed by atoms with Crippen LogP contribution in [-0.4, -0.2) is 64.1 Å². The number of methoxy groups -OCH3 is 2. The zero-order chi connectivity index (χ0) is 32.2. The van der Waals surface area contributed by atoms with Crippen molar-refractivity contribution in [1.82, 2.24) is 13.3 Å². The average Bonchev–Trinajstić information content (AvgIpc) is 3.80. The lowest BCUT2D eigenvalue weighted by Crippen LogP contribution is -2.14. The van der Waals surface area contributed by atoms with Gasteiger partial charge in [0.2, 0.25) is 5.88 Å². The molecule has 0 unspecified atom stereocenters. The van der Waals surface area contributed by atoms with Crippen molar-refractivity contribution in [2.45, 2.75) is 45.3 Å². The number of carbonyl (C=O) groups excluding carboxylic acids is 1. The fourth-order valence-electron chi connectivity index (χ4n) is 5.72. The molecule has 5 aromatic rings. The van der Waals surface area contributed by atoms with Crippen molar-refractivity contribution < 1.29 is 43.1 Å². The molecule has 13 heteroatoms. The van der Waals surface area contributed by atoms with E-state index in [0.717, 1.165) is 54.0 Å². The van der Waals surface area contributed by atoms with Crippen LogP contribution in [0.3, 0.4) is 0 Å². The summed E-state index contributed by atoms with van der Waals surface area (Å²) in [6, 6.07) is 14.5. The molecule has 1 fully saturated rings. The lowest BCUT2D eigenvalue weighted by Gasteiger charge is -2.17. The van der Waals surface area contributed by atoms with Crippen molar-refractivity contribution in [1.29, 1.82) is 0 Å². The zero-order valence-corrected chi connectivity index (χ0v) is 26.4. The van der Waals surface area contributed by atoms with E-state index in [1.807, 2.05) is 34.9 Å². The van der Waals surface area contributed by atoms with Crippen LogP contribution in [0.1, 0.15) is 38.2 Å². The first-order valence-electron chi connectivity index (χ1n) is 14.9. The second-order valence-electron chi connectivity index (χ2n) is 10.7. The van der Waals surface area contributed by atoms with Crippen LogP contribution < -0.4 is 23.7 Å². The quantitative estimate of drug-likeness (QED) is 0.145. The second kappa shape index (κ2) is 13.5. The molecule has 1 aliphatic rings. The standard InChI is InChI=1S/C33H33N3O9S/c1-4-42-33(39)45-32-31(22-11-10-21(40-2)14-27(22)43-18-30(37)38)23-15-28(41-3)29(44-20-7-5-6-8-20)16-26(23)36(32)17-19-9-12-24-25(13-19)35-46-34-24/h9-16,20H,4-8,17-18H2,1-3H3,(H,37,38). The summed E-state index contributed by atoms with van der Waals surface area (Å²) in [6.45, 7) is 1.46. The third kappa shape index (κ3) is 6.36. The van der Waals surface area contributed by atoms with E-state index in [0.29, 0.717) is 39.3 Å². The maximum Gasteiger partial charge on any atom is 0.515 e. The minimum atomic E-state index is -1.15. The van der Waals surface area contributed by atoms with Crippen molar-refractivity contribution in [3.8, 4) is 40.0 Å². The smallest absolute Gasteiger partial charge is 0.497 e. The lowest BCUT2D eigenvalue weighted by atomic mass is 10.0. The molecule has 3 aromatic carbocycles. The van der Waals surface area contributed by atoms with Crippen LogP contribution in [-0.2, 0) is 16.1 Å². The van der Waals surface area contributed by atoms with Gasteiger partial charge in [-0.3, -0.25) is 0 Å². The Balaban J connectivity index is 1.62. The summed E-state index contributed by atoms with van der Waals surface area (Å²) >= 11 is 1.13. The molecular weight excluding hydrogens is 614 g/mol. The highest BCUT2D eigenvalue weighted by Crippen LogP contribution is 2.48. The number of fused-ring (bicyclic) bond motifs is 2. The van der Waals surface area contributed by atoms with E-state index in [1.54, 1.807) is 32.2 Å². The molecule has 0 aliphatic heterocycles.